The number of rotatable bonds is 10. The minimum Gasteiger partial charge on any atom is -0.382 e. The summed E-state index contributed by atoms with van der Waals surface area (Å²) in [5, 5.41) is 4.53. The zero-order valence-electron chi connectivity index (χ0n) is 12.7. The van der Waals surface area contributed by atoms with Crippen molar-refractivity contribution in [2.75, 3.05) is 40.6 Å². The van der Waals surface area contributed by atoms with E-state index in [9.17, 15) is 0 Å². The molecule has 0 fully saturated rings. The molecule has 1 aromatic heterocycles. The first-order valence-corrected chi connectivity index (χ1v) is 7.96. The van der Waals surface area contributed by atoms with Crippen LogP contribution >= 0.6 is 11.3 Å². The molecule has 0 aliphatic carbocycles. The summed E-state index contributed by atoms with van der Waals surface area (Å²) < 4.78 is 17.4. The Balaban J connectivity index is 1.89. The summed E-state index contributed by atoms with van der Waals surface area (Å²) in [5.74, 6) is 0. The topological polar surface area (TPSA) is 39.7 Å². The van der Waals surface area contributed by atoms with E-state index in [1.54, 1.807) is 7.11 Å². The van der Waals surface area contributed by atoms with Gasteiger partial charge < -0.3 is 19.5 Å². The number of hydrogen-bond acceptors (Lipinski definition) is 5. The van der Waals surface area contributed by atoms with Gasteiger partial charge in [-0.2, -0.15) is 0 Å². The Hall–Kier alpha value is -0.980. The summed E-state index contributed by atoms with van der Waals surface area (Å²) in [5.41, 5.74) is 1.29. The van der Waals surface area contributed by atoms with Crippen molar-refractivity contribution in [3.05, 3.63) is 34.7 Å². The van der Waals surface area contributed by atoms with E-state index >= 15 is 0 Å². The molecule has 2 rings (SSSR count). The Labute approximate surface area is 130 Å². The lowest BCUT2D eigenvalue weighted by atomic mass is 10.1. The maximum atomic E-state index is 5.77. The van der Waals surface area contributed by atoms with E-state index in [1.807, 2.05) is 18.4 Å². The van der Waals surface area contributed by atoms with Crippen molar-refractivity contribution < 1.29 is 14.2 Å². The zero-order valence-corrected chi connectivity index (χ0v) is 13.5. The Bertz CT molecular complexity index is 541. The fourth-order valence-electron chi connectivity index (χ4n) is 2.15. The van der Waals surface area contributed by atoms with Crippen LogP contribution in [0.3, 0.4) is 0 Å². The molecule has 0 aliphatic rings. The molecule has 0 spiro atoms. The van der Waals surface area contributed by atoms with Gasteiger partial charge in [0.1, 0.15) is 0 Å². The van der Waals surface area contributed by atoms with Crippen molar-refractivity contribution in [1.29, 1.82) is 0 Å². The summed E-state index contributed by atoms with van der Waals surface area (Å²) in [6.07, 6.45) is 0. The van der Waals surface area contributed by atoms with E-state index in [2.05, 4.69) is 29.6 Å². The molecule has 4 nitrogen and oxygen atoms in total. The van der Waals surface area contributed by atoms with Crippen LogP contribution in [-0.4, -0.2) is 40.6 Å². The minimum absolute atomic E-state index is 0.604. The van der Waals surface area contributed by atoms with Gasteiger partial charge in [0.2, 0.25) is 0 Å². The zero-order chi connectivity index (χ0) is 14.9. The van der Waals surface area contributed by atoms with E-state index in [1.165, 1.54) is 20.5 Å². The fraction of sp³-hybridized carbons (Fsp3) is 0.500. The first-order chi connectivity index (χ1) is 10.4. The highest BCUT2D eigenvalue weighted by Crippen LogP contribution is 2.31. The Kier molecular flexibility index (Phi) is 7.12. The van der Waals surface area contributed by atoms with Gasteiger partial charge in [-0.3, -0.25) is 0 Å². The lowest BCUT2D eigenvalue weighted by molar-refractivity contribution is 0.0201. The number of benzene rings is 1. The van der Waals surface area contributed by atoms with Crippen LogP contribution in [-0.2, 0) is 27.4 Å². The third-order valence-corrected chi connectivity index (χ3v) is 4.38. The van der Waals surface area contributed by atoms with Gasteiger partial charge in [-0.05, 0) is 18.5 Å². The highest BCUT2D eigenvalue weighted by Gasteiger charge is 2.11. The van der Waals surface area contributed by atoms with Crippen LogP contribution in [0.15, 0.2) is 24.3 Å². The molecule has 0 aliphatic heterocycles. The normalized spacial score (nSPS) is 11.3. The van der Waals surface area contributed by atoms with Gasteiger partial charge in [-0.25, -0.2) is 0 Å². The van der Waals surface area contributed by atoms with Gasteiger partial charge in [0.15, 0.2) is 0 Å². The molecule has 0 saturated heterocycles. The number of hydrogen-bond donors (Lipinski definition) is 1. The van der Waals surface area contributed by atoms with Crippen molar-refractivity contribution in [2.45, 2.75) is 13.2 Å². The molecule has 1 N–H and O–H groups in total. The van der Waals surface area contributed by atoms with E-state index in [0.717, 1.165) is 6.54 Å². The lowest BCUT2D eigenvalue weighted by Crippen LogP contribution is -2.09. The quantitative estimate of drug-likeness (QED) is 0.685. The number of ether oxygens (including phenoxy) is 3. The predicted octanol–water partition coefficient (Wildman–Crippen LogP) is 2.80. The molecule has 21 heavy (non-hydrogen) atoms. The number of fused-ring (bicyclic) bond motifs is 1. The summed E-state index contributed by atoms with van der Waals surface area (Å²) in [4.78, 5) is 1.35. The molecule has 0 radical (unpaired) electrons. The van der Waals surface area contributed by atoms with Crippen LogP contribution in [0.4, 0.5) is 0 Å². The molecule has 2 aromatic rings. The van der Waals surface area contributed by atoms with E-state index in [4.69, 9.17) is 14.2 Å². The predicted molar refractivity (Wildman–Crippen MR) is 86.9 cm³/mol. The number of thiophene rings is 1. The standard InChI is InChI=1S/C16H23NO3S/c1-17-11-16-14(12-20-10-9-19-8-7-18-2)13-5-3-4-6-15(13)21-16/h3-6,17H,7-12H2,1-2H3. The maximum absolute atomic E-state index is 5.77. The molecule has 1 aromatic carbocycles. The van der Waals surface area contributed by atoms with Crippen LogP contribution in [0.25, 0.3) is 10.1 Å². The van der Waals surface area contributed by atoms with E-state index < -0.39 is 0 Å². The van der Waals surface area contributed by atoms with E-state index in [0.29, 0.717) is 33.0 Å². The average molecular weight is 309 g/mol. The summed E-state index contributed by atoms with van der Waals surface area (Å²) >= 11 is 1.83. The second-order valence-corrected chi connectivity index (χ2v) is 5.82. The first-order valence-electron chi connectivity index (χ1n) is 7.15. The van der Waals surface area contributed by atoms with Crippen LogP contribution in [0, 0.1) is 0 Å². The van der Waals surface area contributed by atoms with Crippen LogP contribution in [0.2, 0.25) is 0 Å². The SMILES string of the molecule is CNCc1sc2ccccc2c1COCCOCCOC. The molecule has 0 unspecified atom stereocenters. The van der Waals surface area contributed by atoms with Crippen LogP contribution < -0.4 is 5.32 Å². The Morgan fingerprint density at radius 1 is 1.05 bits per heavy atom. The van der Waals surface area contributed by atoms with E-state index in [-0.39, 0.29) is 0 Å². The smallest absolute Gasteiger partial charge is 0.0735 e. The molecule has 116 valence electrons. The van der Waals surface area contributed by atoms with Crippen LogP contribution in [0.5, 0.6) is 0 Å². The van der Waals surface area contributed by atoms with Gasteiger partial charge in [-0.1, -0.05) is 18.2 Å². The maximum Gasteiger partial charge on any atom is 0.0735 e. The Morgan fingerprint density at radius 2 is 1.81 bits per heavy atom. The van der Waals surface area contributed by atoms with Crippen molar-refractivity contribution in [3.63, 3.8) is 0 Å². The summed E-state index contributed by atoms with van der Waals surface area (Å²) in [6.45, 7) is 3.96. The van der Waals surface area contributed by atoms with Gasteiger partial charge >= 0.3 is 0 Å². The van der Waals surface area contributed by atoms with Crippen molar-refractivity contribution in [1.82, 2.24) is 5.32 Å². The highest BCUT2D eigenvalue weighted by molar-refractivity contribution is 7.19. The third-order valence-electron chi connectivity index (χ3n) is 3.17. The second-order valence-electron chi connectivity index (χ2n) is 4.69. The summed E-state index contributed by atoms with van der Waals surface area (Å²) in [7, 11) is 3.64. The van der Waals surface area contributed by atoms with Crippen LogP contribution in [0.1, 0.15) is 10.4 Å². The molecule has 0 saturated carbocycles. The van der Waals surface area contributed by atoms with Crippen molar-refractivity contribution in [3.8, 4) is 0 Å². The first kappa shape index (κ1) is 16.4. The average Bonchev–Trinajstić information content (AvgIpc) is 2.84. The fourth-order valence-corrected chi connectivity index (χ4v) is 3.37. The van der Waals surface area contributed by atoms with Crippen molar-refractivity contribution in [2.24, 2.45) is 0 Å². The van der Waals surface area contributed by atoms with Gasteiger partial charge in [0.05, 0.1) is 33.0 Å². The Morgan fingerprint density at radius 3 is 2.62 bits per heavy atom. The molecular formula is C16H23NO3S. The summed E-state index contributed by atoms with van der Waals surface area (Å²) in [6, 6.07) is 8.49. The van der Waals surface area contributed by atoms with Gasteiger partial charge in [0, 0.05) is 28.8 Å². The molecule has 0 bridgehead atoms. The highest BCUT2D eigenvalue weighted by atomic mass is 32.1. The number of methoxy groups -OCH3 is 1. The van der Waals surface area contributed by atoms with Crippen molar-refractivity contribution >= 4 is 21.4 Å². The second kappa shape index (κ2) is 9.12. The molecule has 0 atom stereocenters. The molecule has 0 amide bonds. The molecule has 5 heteroatoms. The third kappa shape index (κ3) is 4.76. The van der Waals surface area contributed by atoms with Gasteiger partial charge in [-0.15, -0.1) is 11.3 Å². The van der Waals surface area contributed by atoms with Gasteiger partial charge in [0.25, 0.3) is 0 Å². The molecular weight excluding hydrogens is 286 g/mol. The lowest BCUT2D eigenvalue weighted by Gasteiger charge is -2.07. The minimum atomic E-state index is 0.604. The monoisotopic (exact) mass is 309 g/mol. The number of nitrogens with one attached hydrogen (secondary N) is 1. The molecule has 1 heterocycles. The largest absolute Gasteiger partial charge is 0.382 e.